The van der Waals surface area contributed by atoms with Crippen LogP contribution >= 0.6 is 11.8 Å². The summed E-state index contributed by atoms with van der Waals surface area (Å²) in [5.74, 6) is 2.68. The van der Waals surface area contributed by atoms with Gasteiger partial charge in [-0.25, -0.2) is 4.98 Å². The molecular formula is C21H24N2OS. The lowest BCUT2D eigenvalue weighted by Crippen LogP contribution is -2.03. The molecule has 1 saturated carbocycles. The summed E-state index contributed by atoms with van der Waals surface area (Å²) in [6.45, 7) is 5.62. The number of hydrogen-bond acceptors (Lipinski definition) is 3. The van der Waals surface area contributed by atoms with Gasteiger partial charge in [0.2, 0.25) is 0 Å². The largest absolute Gasteiger partial charge is 0.497 e. The van der Waals surface area contributed by atoms with E-state index < -0.39 is 0 Å². The molecule has 0 amide bonds. The summed E-state index contributed by atoms with van der Waals surface area (Å²) in [5, 5.41) is 2.50. The molecule has 3 nitrogen and oxygen atoms in total. The van der Waals surface area contributed by atoms with E-state index in [4.69, 9.17) is 9.72 Å². The summed E-state index contributed by atoms with van der Waals surface area (Å²) >= 11 is 1.83. The maximum Gasteiger partial charge on any atom is 0.121 e. The molecule has 4 heteroatoms. The molecule has 0 spiro atoms. The molecule has 0 aliphatic heterocycles. The highest BCUT2D eigenvalue weighted by molar-refractivity contribution is 7.98. The van der Waals surface area contributed by atoms with Gasteiger partial charge in [-0.3, -0.25) is 0 Å². The molecule has 25 heavy (non-hydrogen) atoms. The Kier molecular flexibility index (Phi) is 4.46. The van der Waals surface area contributed by atoms with Gasteiger partial charge in [-0.2, -0.15) is 0 Å². The minimum atomic E-state index is 0.855. The number of methoxy groups -OCH3 is 1. The van der Waals surface area contributed by atoms with Crippen molar-refractivity contribution in [3.05, 3.63) is 53.3 Å². The molecule has 0 unspecified atom stereocenters. The minimum absolute atomic E-state index is 0.855. The first-order valence-electron chi connectivity index (χ1n) is 8.87. The Morgan fingerprint density at radius 1 is 1.16 bits per heavy atom. The van der Waals surface area contributed by atoms with Crippen molar-refractivity contribution < 1.29 is 4.74 Å². The first-order chi connectivity index (χ1) is 12.2. The Balaban J connectivity index is 1.65. The number of benzene rings is 1. The number of rotatable bonds is 6. The number of aromatic nitrogens is 2. The third kappa shape index (κ3) is 3.28. The second-order valence-electron chi connectivity index (χ2n) is 6.91. The molecule has 0 saturated heterocycles. The monoisotopic (exact) mass is 352 g/mol. The summed E-state index contributed by atoms with van der Waals surface area (Å²) in [5.41, 5.74) is 5.40. The van der Waals surface area contributed by atoms with E-state index in [9.17, 15) is 0 Å². The van der Waals surface area contributed by atoms with Crippen molar-refractivity contribution in [2.45, 2.75) is 44.0 Å². The molecule has 1 aliphatic carbocycles. The fraction of sp³-hybridized carbons (Fsp3) is 0.381. The summed E-state index contributed by atoms with van der Waals surface area (Å²) in [6.07, 6.45) is 4.69. The van der Waals surface area contributed by atoms with Gasteiger partial charge in [0.25, 0.3) is 0 Å². The van der Waals surface area contributed by atoms with Crippen LogP contribution in [0.2, 0.25) is 0 Å². The van der Waals surface area contributed by atoms with Gasteiger partial charge in [-0.05, 0) is 61.9 Å². The van der Waals surface area contributed by atoms with Crippen molar-refractivity contribution in [2.24, 2.45) is 5.92 Å². The molecule has 0 N–H and O–H groups in total. The van der Waals surface area contributed by atoms with E-state index in [1.807, 2.05) is 30.1 Å². The highest BCUT2D eigenvalue weighted by Crippen LogP contribution is 2.37. The number of thioether (sulfide) groups is 1. The van der Waals surface area contributed by atoms with Gasteiger partial charge < -0.3 is 9.30 Å². The lowest BCUT2D eigenvalue weighted by atomic mass is 10.2. The lowest BCUT2D eigenvalue weighted by Gasteiger charge is -2.10. The molecule has 1 fully saturated rings. The van der Waals surface area contributed by atoms with Crippen molar-refractivity contribution in [2.75, 3.05) is 7.11 Å². The minimum Gasteiger partial charge on any atom is -0.497 e. The van der Waals surface area contributed by atoms with E-state index in [0.717, 1.165) is 29.0 Å². The fourth-order valence-electron chi connectivity index (χ4n) is 3.33. The van der Waals surface area contributed by atoms with Crippen LogP contribution in [-0.4, -0.2) is 16.7 Å². The first kappa shape index (κ1) is 16.5. The van der Waals surface area contributed by atoms with Crippen LogP contribution < -0.4 is 4.74 Å². The Labute approximate surface area is 153 Å². The third-order valence-electron chi connectivity index (χ3n) is 5.18. The van der Waals surface area contributed by atoms with Gasteiger partial charge in [-0.15, -0.1) is 0 Å². The highest BCUT2D eigenvalue weighted by atomic mass is 32.2. The van der Waals surface area contributed by atoms with E-state index in [-0.39, 0.29) is 0 Å². The Hall–Kier alpha value is -1.94. The average molecular weight is 353 g/mol. The SMILES string of the molecule is COc1ccc(CSc2nccc3c(C)c(C)n(CC4CC4)c23)cc1. The van der Waals surface area contributed by atoms with Crippen LogP contribution in [0.5, 0.6) is 5.75 Å². The molecule has 2 heterocycles. The Bertz CT molecular complexity index is 894. The van der Waals surface area contributed by atoms with Crippen LogP contribution in [0, 0.1) is 19.8 Å². The van der Waals surface area contributed by atoms with Crippen molar-refractivity contribution in [1.29, 1.82) is 0 Å². The van der Waals surface area contributed by atoms with Crippen molar-refractivity contribution in [1.82, 2.24) is 9.55 Å². The standard InChI is InChI=1S/C21H24N2OS/c1-14-15(2)23(12-16-4-5-16)20-19(14)10-11-22-21(20)25-13-17-6-8-18(24-3)9-7-17/h6-11,16H,4-5,12-13H2,1-3H3. The average Bonchev–Trinajstić information content (AvgIpc) is 3.44. The molecule has 0 atom stereocenters. The second kappa shape index (κ2) is 6.75. The van der Waals surface area contributed by atoms with Gasteiger partial charge in [0.15, 0.2) is 0 Å². The van der Waals surface area contributed by atoms with E-state index in [2.05, 4.69) is 36.6 Å². The molecule has 130 valence electrons. The first-order valence-corrected chi connectivity index (χ1v) is 9.86. The van der Waals surface area contributed by atoms with Crippen molar-refractivity contribution in [3.63, 3.8) is 0 Å². The Morgan fingerprint density at radius 2 is 1.92 bits per heavy atom. The zero-order valence-corrected chi connectivity index (χ0v) is 15.9. The number of ether oxygens (including phenoxy) is 1. The van der Waals surface area contributed by atoms with Gasteiger partial charge in [0.1, 0.15) is 10.8 Å². The molecular weight excluding hydrogens is 328 g/mol. The smallest absolute Gasteiger partial charge is 0.121 e. The van der Waals surface area contributed by atoms with E-state index in [1.54, 1.807) is 7.11 Å². The maximum atomic E-state index is 5.24. The van der Waals surface area contributed by atoms with E-state index in [0.29, 0.717) is 0 Å². The van der Waals surface area contributed by atoms with E-state index >= 15 is 0 Å². The number of nitrogens with zero attached hydrogens (tertiary/aromatic N) is 2. The lowest BCUT2D eigenvalue weighted by molar-refractivity contribution is 0.414. The summed E-state index contributed by atoms with van der Waals surface area (Å²) in [6, 6.07) is 10.5. The van der Waals surface area contributed by atoms with Crippen LogP contribution in [0.1, 0.15) is 29.7 Å². The van der Waals surface area contributed by atoms with Crippen LogP contribution in [0.4, 0.5) is 0 Å². The molecule has 2 aromatic heterocycles. The summed E-state index contributed by atoms with van der Waals surface area (Å²) in [4.78, 5) is 4.72. The number of hydrogen-bond donors (Lipinski definition) is 0. The van der Waals surface area contributed by atoms with Gasteiger partial charge in [-0.1, -0.05) is 23.9 Å². The normalized spacial score (nSPS) is 14.2. The third-order valence-corrected chi connectivity index (χ3v) is 6.23. The summed E-state index contributed by atoms with van der Waals surface area (Å²) in [7, 11) is 1.70. The Morgan fingerprint density at radius 3 is 2.60 bits per heavy atom. The molecule has 1 aromatic carbocycles. The van der Waals surface area contributed by atoms with Gasteiger partial charge in [0, 0.05) is 29.6 Å². The zero-order chi connectivity index (χ0) is 17.4. The quantitative estimate of drug-likeness (QED) is 0.559. The molecule has 1 aliphatic rings. The molecule has 4 rings (SSSR count). The fourth-order valence-corrected chi connectivity index (χ4v) is 4.32. The molecule has 0 bridgehead atoms. The zero-order valence-electron chi connectivity index (χ0n) is 15.1. The van der Waals surface area contributed by atoms with Gasteiger partial charge >= 0.3 is 0 Å². The predicted molar refractivity (Wildman–Crippen MR) is 104 cm³/mol. The topological polar surface area (TPSA) is 27.1 Å². The maximum absolute atomic E-state index is 5.24. The van der Waals surface area contributed by atoms with E-state index in [1.165, 1.54) is 40.6 Å². The predicted octanol–water partition coefficient (Wildman–Crippen LogP) is 5.36. The highest BCUT2D eigenvalue weighted by Gasteiger charge is 2.25. The van der Waals surface area contributed by atoms with Gasteiger partial charge in [0.05, 0.1) is 12.6 Å². The number of aryl methyl sites for hydroxylation is 1. The second-order valence-corrected chi connectivity index (χ2v) is 7.88. The van der Waals surface area contributed by atoms with Crippen LogP contribution in [0.15, 0.2) is 41.6 Å². The van der Waals surface area contributed by atoms with Crippen LogP contribution in [0.25, 0.3) is 10.9 Å². The van der Waals surface area contributed by atoms with Crippen LogP contribution in [-0.2, 0) is 12.3 Å². The van der Waals surface area contributed by atoms with Crippen molar-refractivity contribution in [3.8, 4) is 5.75 Å². The summed E-state index contributed by atoms with van der Waals surface area (Å²) < 4.78 is 7.75. The molecule has 0 radical (unpaired) electrons. The molecule has 3 aromatic rings. The number of fused-ring (bicyclic) bond motifs is 1. The van der Waals surface area contributed by atoms with Crippen LogP contribution in [0.3, 0.4) is 0 Å². The number of pyridine rings is 1. The van der Waals surface area contributed by atoms with Crippen molar-refractivity contribution >= 4 is 22.7 Å².